The second kappa shape index (κ2) is 12.1. The largest absolute Gasteiger partial charge is 1.00 e. The van der Waals surface area contributed by atoms with Crippen molar-refractivity contribution in [3.63, 3.8) is 0 Å². The van der Waals surface area contributed by atoms with Crippen LogP contribution in [0.3, 0.4) is 0 Å². The van der Waals surface area contributed by atoms with E-state index in [1.165, 1.54) is 0 Å². The number of benzene rings is 1. The Hall–Kier alpha value is -0.380. The molecule has 0 heterocycles. The monoisotopic (exact) mass is 248 g/mol. The number of carboxylic acids is 1. The number of carboxylic acid groups (broad SMARTS) is 1. The summed E-state index contributed by atoms with van der Waals surface area (Å²) in [6.07, 6.45) is 1.84. The van der Waals surface area contributed by atoms with Crippen molar-refractivity contribution in [1.82, 2.24) is 0 Å². The number of unbranched alkanes of at least 4 members (excludes halogenated alkanes) is 1. The Balaban J connectivity index is 0. The van der Waals surface area contributed by atoms with E-state index in [4.69, 9.17) is 9.90 Å². The summed E-state index contributed by atoms with van der Waals surface area (Å²) in [5, 5.41) is 7.42. The minimum atomic E-state index is -0.833. The average Bonchev–Trinajstić information content (AvgIpc) is 2.26. The maximum absolute atomic E-state index is 13.3. The SMILES string of the molecule is CC(=O)O.CCCCC(F)c1c[c-]ccc1.[Na+]. The molecule has 0 aliphatic carbocycles. The third-order valence-electron chi connectivity index (χ3n) is 1.90. The molecule has 0 aliphatic heterocycles. The van der Waals surface area contributed by atoms with Crippen LogP contribution in [-0.2, 0) is 4.79 Å². The van der Waals surface area contributed by atoms with Gasteiger partial charge in [0.15, 0.2) is 0 Å². The van der Waals surface area contributed by atoms with E-state index in [-0.39, 0.29) is 29.6 Å². The maximum Gasteiger partial charge on any atom is 1.00 e. The third kappa shape index (κ3) is 11.9. The van der Waals surface area contributed by atoms with E-state index in [0.29, 0.717) is 6.42 Å². The van der Waals surface area contributed by atoms with Crippen molar-refractivity contribution in [3.05, 3.63) is 35.9 Å². The number of rotatable bonds is 4. The Morgan fingerprint density at radius 3 is 2.59 bits per heavy atom. The first kappa shape index (κ1) is 19.0. The molecule has 0 saturated carbocycles. The van der Waals surface area contributed by atoms with Crippen LogP contribution in [0, 0.1) is 6.07 Å². The summed E-state index contributed by atoms with van der Waals surface area (Å²) in [5.41, 5.74) is 0.756. The number of carbonyl (C=O) groups is 1. The fourth-order valence-electron chi connectivity index (χ4n) is 1.15. The smallest absolute Gasteiger partial charge is 0.481 e. The molecule has 0 aliphatic rings. The van der Waals surface area contributed by atoms with Crippen molar-refractivity contribution in [2.75, 3.05) is 0 Å². The molecule has 0 saturated heterocycles. The second-order valence-corrected chi connectivity index (χ2v) is 3.47. The first-order valence-corrected chi connectivity index (χ1v) is 5.37. The van der Waals surface area contributed by atoms with Crippen molar-refractivity contribution in [3.8, 4) is 0 Å². The fourth-order valence-corrected chi connectivity index (χ4v) is 1.15. The molecule has 4 heteroatoms. The number of hydrogen-bond donors (Lipinski definition) is 1. The molecule has 0 aromatic heterocycles. The first-order valence-electron chi connectivity index (χ1n) is 5.37. The average molecular weight is 248 g/mol. The number of aliphatic carboxylic acids is 1. The van der Waals surface area contributed by atoms with Crippen LogP contribution in [0.25, 0.3) is 0 Å². The van der Waals surface area contributed by atoms with Crippen molar-refractivity contribution in [1.29, 1.82) is 0 Å². The van der Waals surface area contributed by atoms with Crippen molar-refractivity contribution in [2.45, 2.75) is 39.3 Å². The van der Waals surface area contributed by atoms with Crippen molar-refractivity contribution < 1.29 is 43.8 Å². The Morgan fingerprint density at radius 1 is 1.59 bits per heavy atom. The fraction of sp³-hybridized carbons (Fsp3) is 0.462. The molecule has 90 valence electrons. The maximum atomic E-state index is 13.3. The normalized spacial score (nSPS) is 10.5. The molecule has 1 aromatic carbocycles. The van der Waals surface area contributed by atoms with Gasteiger partial charge in [0.2, 0.25) is 0 Å². The van der Waals surface area contributed by atoms with Crippen LogP contribution in [0.15, 0.2) is 24.3 Å². The summed E-state index contributed by atoms with van der Waals surface area (Å²) >= 11 is 0. The van der Waals surface area contributed by atoms with Gasteiger partial charge >= 0.3 is 29.6 Å². The van der Waals surface area contributed by atoms with Crippen LogP contribution < -0.4 is 29.6 Å². The predicted molar refractivity (Wildman–Crippen MR) is 62.0 cm³/mol. The van der Waals surface area contributed by atoms with E-state index in [1.807, 2.05) is 12.1 Å². The number of alkyl halides is 1. The van der Waals surface area contributed by atoms with Gasteiger partial charge < -0.3 is 5.11 Å². The van der Waals surface area contributed by atoms with Gasteiger partial charge in [-0.1, -0.05) is 19.8 Å². The van der Waals surface area contributed by atoms with E-state index in [0.717, 1.165) is 25.3 Å². The van der Waals surface area contributed by atoms with Gasteiger partial charge in [0.25, 0.3) is 5.97 Å². The molecule has 0 fully saturated rings. The summed E-state index contributed by atoms with van der Waals surface area (Å²) in [6.45, 7) is 3.16. The van der Waals surface area contributed by atoms with E-state index in [1.54, 1.807) is 12.1 Å². The Morgan fingerprint density at radius 2 is 2.18 bits per heavy atom. The standard InChI is InChI=1S/C11H14F.C2H4O2.Na/c1-2-3-9-11(12)10-7-5-4-6-8-10;1-2(3)4;/h4-5,7-8,11H,2-3,9H2,1H3;1H3,(H,3,4);/q-1;;+1. The van der Waals surface area contributed by atoms with E-state index in [9.17, 15) is 4.39 Å². The summed E-state index contributed by atoms with van der Waals surface area (Å²) in [6, 6.07) is 10.0. The van der Waals surface area contributed by atoms with E-state index < -0.39 is 12.1 Å². The molecule has 1 N–H and O–H groups in total. The van der Waals surface area contributed by atoms with Gasteiger partial charge in [-0.15, -0.1) is 5.56 Å². The van der Waals surface area contributed by atoms with Gasteiger partial charge in [-0.3, -0.25) is 9.18 Å². The molecule has 0 bridgehead atoms. The van der Waals surface area contributed by atoms with Gasteiger partial charge in [-0.2, -0.15) is 30.3 Å². The molecule has 17 heavy (non-hydrogen) atoms. The van der Waals surface area contributed by atoms with E-state index in [2.05, 4.69) is 13.0 Å². The quantitative estimate of drug-likeness (QED) is 0.631. The Kier molecular flexibility index (Phi) is 13.5. The molecule has 0 spiro atoms. The molecule has 0 amide bonds. The van der Waals surface area contributed by atoms with Crippen LogP contribution >= 0.6 is 0 Å². The molecular weight excluding hydrogens is 230 g/mol. The number of hydrogen-bond acceptors (Lipinski definition) is 1. The third-order valence-corrected chi connectivity index (χ3v) is 1.90. The van der Waals surface area contributed by atoms with Gasteiger partial charge in [0.1, 0.15) is 0 Å². The molecule has 1 aromatic rings. The molecule has 1 rings (SSSR count). The predicted octanol–water partition coefficient (Wildman–Crippen LogP) is 0.782. The van der Waals surface area contributed by atoms with Gasteiger partial charge in [0, 0.05) is 6.92 Å². The Bertz CT molecular complexity index is 287. The van der Waals surface area contributed by atoms with Crippen molar-refractivity contribution in [2.24, 2.45) is 0 Å². The van der Waals surface area contributed by atoms with Gasteiger partial charge in [-0.25, -0.2) is 0 Å². The van der Waals surface area contributed by atoms with Crippen LogP contribution in [0.1, 0.15) is 44.8 Å². The topological polar surface area (TPSA) is 37.3 Å². The zero-order valence-corrected chi connectivity index (χ0v) is 12.7. The summed E-state index contributed by atoms with van der Waals surface area (Å²) in [7, 11) is 0. The summed E-state index contributed by atoms with van der Waals surface area (Å²) < 4.78 is 13.3. The summed E-state index contributed by atoms with van der Waals surface area (Å²) in [4.78, 5) is 9.00. The first-order chi connectivity index (χ1) is 7.57. The summed E-state index contributed by atoms with van der Waals surface area (Å²) in [5.74, 6) is -0.833. The van der Waals surface area contributed by atoms with Crippen LogP contribution in [0.5, 0.6) is 0 Å². The molecule has 1 atom stereocenters. The van der Waals surface area contributed by atoms with Crippen LogP contribution in [0.2, 0.25) is 0 Å². The molecule has 0 radical (unpaired) electrons. The minimum absolute atomic E-state index is 0. The van der Waals surface area contributed by atoms with Crippen LogP contribution in [-0.4, -0.2) is 11.1 Å². The van der Waals surface area contributed by atoms with E-state index >= 15 is 0 Å². The van der Waals surface area contributed by atoms with Gasteiger partial charge in [0.05, 0.1) is 6.17 Å². The molecule has 2 nitrogen and oxygen atoms in total. The van der Waals surface area contributed by atoms with Gasteiger partial charge in [-0.05, 0) is 6.42 Å². The second-order valence-electron chi connectivity index (χ2n) is 3.47. The van der Waals surface area contributed by atoms with Crippen molar-refractivity contribution >= 4 is 5.97 Å². The zero-order chi connectivity index (χ0) is 12.4. The number of halogens is 1. The minimum Gasteiger partial charge on any atom is -0.481 e. The molecular formula is C13H18FNaO2. The van der Waals surface area contributed by atoms with Crippen LogP contribution in [0.4, 0.5) is 4.39 Å². The zero-order valence-electron chi connectivity index (χ0n) is 10.7. The Labute approximate surface area is 125 Å². The molecule has 1 unspecified atom stereocenters.